The van der Waals surface area contributed by atoms with Crippen LogP contribution < -0.4 is 5.32 Å². The fraction of sp³-hybridized carbons (Fsp3) is 0.261. The number of nitrogens with zero attached hydrogens (tertiary/aromatic N) is 1. The molecule has 2 aromatic carbocycles. The maximum absolute atomic E-state index is 13.2. The van der Waals surface area contributed by atoms with E-state index >= 15 is 0 Å². The minimum absolute atomic E-state index is 0.0901. The number of nitrogens with one attached hydrogen (secondary N) is 2. The number of rotatable bonds is 6. The molecular formula is C23H23N3O3. The molecule has 0 spiro atoms. The molecule has 6 heteroatoms. The highest BCUT2D eigenvalue weighted by molar-refractivity contribution is 6.12. The topological polar surface area (TPSA) is 82.3 Å². The number of benzene rings is 2. The molecule has 148 valence electrons. The standard InChI is InChI=1S/C23H23N3O3/c1-2-12-26-14-20(27)24-19(23(26)29)13-17-16-10-6-7-11-18(16)25-21(17)22(28)15-8-4-3-5-9-15/h3-11,19,25H,2,12-14H2,1H3,(H,24,27). The Bertz CT molecular complexity index is 1070. The number of aromatic amines is 1. The molecule has 2 heterocycles. The van der Waals surface area contributed by atoms with Gasteiger partial charge >= 0.3 is 0 Å². The highest BCUT2D eigenvalue weighted by atomic mass is 16.2. The largest absolute Gasteiger partial charge is 0.352 e. The van der Waals surface area contributed by atoms with E-state index in [9.17, 15) is 14.4 Å². The summed E-state index contributed by atoms with van der Waals surface area (Å²) in [6, 6.07) is 16.0. The van der Waals surface area contributed by atoms with Gasteiger partial charge in [0.05, 0.1) is 12.2 Å². The molecular weight excluding hydrogens is 366 g/mol. The van der Waals surface area contributed by atoms with E-state index in [0.717, 1.165) is 22.9 Å². The van der Waals surface area contributed by atoms with Gasteiger partial charge in [-0.25, -0.2) is 0 Å². The molecule has 3 aromatic rings. The van der Waals surface area contributed by atoms with Gasteiger partial charge in [0.2, 0.25) is 17.6 Å². The average molecular weight is 389 g/mol. The summed E-state index contributed by atoms with van der Waals surface area (Å²) in [4.78, 5) is 43.0. The van der Waals surface area contributed by atoms with Crippen LogP contribution in [0.3, 0.4) is 0 Å². The average Bonchev–Trinajstić information content (AvgIpc) is 3.10. The highest BCUT2D eigenvalue weighted by Crippen LogP contribution is 2.26. The summed E-state index contributed by atoms with van der Waals surface area (Å²) in [5.41, 5.74) is 2.63. The summed E-state index contributed by atoms with van der Waals surface area (Å²) < 4.78 is 0. The summed E-state index contributed by atoms with van der Waals surface area (Å²) in [5.74, 6) is -0.398. The van der Waals surface area contributed by atoms with Crippen LogP contribution in [-0.4, -0.2) is 46.6 Å². The molecule has 0 saturated carbocycles. The Kier molecular flexibility index (Phi) is 5.16. The summed E-state index contributed by atoms with van der Waals surface area (Å²) in [7, 11) is 0. The molecule has 2 N–H and O–H groups in total. The molecule has 0 radical (unpaired) electrons. The Morgan fingerprint density at radius 1 is 1.07 bits per heavy atom. The van der Waals surface area contributed by atoms with Crippen molar-refractivity contribution in [1.82, 2.24) is 15.2 Å². The van der Waals surface area contributed by atoms with Crippen LogP contribution in [0.5, 0.6) is 0 Å². The fourth-order valence-electron chi connectivity index (χ4n) is 3.91. The number of H-pyrrole nitrogens is 1. The molecule has 2 amide bonds. The van der Waals surface area contributed by atoms with Crippen LogP contribution in [0.1, 0.15) is 35.0 Å². The Balaban J connectivity index is 1.74. The molecule has 1 fully saturated rings. The maximum Gasteiger partial charge on any atom is 0.245 e. The van der Waals surface area contributed by atoms with Crippen molar-refractivity contribution >= 4 is 28.5 Å². The minimum atomic E-state index is -0.677. The lowest BCUT2D eigenvalue weighted by Crippen LogP contribution is -2.58. The first-order valence-corrected chi connectivity index (χ1v) is 9.86. The zero-order chi connectivity index (χ0) is 20.4. The van der Waals surface area contributed by atoms with Gasteiger partial charge in [-0.3, -0.25) is 14.4 Å². The molecule has 1 saturated heterocycles. The highest BCUT2D eigenvalue weighted by Gasteiger charge is 2.34. The van der Waals surface area contributed by atoms with E-state index in [4.69, 9.17) is 0 Å². The minimum Gasteiger partial charge on any atom is -0.352 e. The fourth-order valence-corrected chi connectivity index (χ4v) is 3.91. The van der Waals surface area contributed by atoms with Crippen molar-refractivity contribution in [3.8, 4) is 0 Å². The number of amides is 2. The second-order valence-corrected chi connectivity index (χ2v) is 7.30. The molecule has 0 bridgehead atoms. The van der Waals surface area contributed by atoms with Crippen LogP contribution in [0.15, 0.2) is 54.6 Å². The van der Waals surface area contributed by atoms with Crippen molar-refractivity contribution in [2.45, 2.75) is 25.8 Å². The van der Waals surface area contributed by atoms with Crippen molar-refractivity contribution in [3.05, 3.63) is 71.4 Å². The second-order valence-electron chi connectivity index (χ2n) is 7.30. The van der Waals surface area contributed by atoms with Gasteiger partial charge in [-0.2, -0.15) is 0 Å². The molecule has 1 unspecified atom stereocenters. The van der Waals surface area contributed by atoms with E-state index in [1.54, 1.807) is 17.0 Å². The monoisotopic (exact) mass is 389 g/mol. The zero-order valence-electron chi connectivity index (χ0n) is 16.3. The Hall–Kier alpha value is -3.41. The van der Waals surface area contributed by atoms with Crippen molar-refractivity contribution in [1.29, 1.82) is 0 Å². The van der Waals surface area contributed by atoms with Crippen molar-refractivity contribution in [2.75, 3.05) is 13.1 Å². The third-order valence-corrected chi connectivity index (χ3v) is 5.26. The summed E-state index contributed by atoms with van der Waals surface area (Å²) in [6.45, 7) is 2.62. The van der Waals surface area contributed by atoms with E-state index in [-0.39, 0.29) is 30.6 Å². The van der Waals surface area contributed by atoms with E-state index in [2.05, 4.69) is 10.3 Å². The SMILES string of the molecule is CCCN1CC(=O)NC(Cc2c(C(=O)c3ccccc3)[nH]c3ccccc23)C1=O. The smallest absolute Gasteiger partial charge is 0.245 e. The van der Waals surface area contributed by atoms with E-state index < -0.39 is 6.04 Å². The number of hydrogen-bond acceptors (Lipinski definition) is 3. The third kappa shape index (κ3) is 3.66. The van der Waals surface area contributed by atoms with Gasteiger partial charge in [0, 0.05) is 29.4 Å². The first-order chi connectivity index (χ1) is 14.1. The molecule has 1 atom stereocenters. The lowest BCUT2D eigenvalue weighted by molar-refractivity contribution is -0.144. The van der Waals surface area contributed by atoms with Crippen LogP contribution in [0.4, 0.5) is 0 Å². The zero-order valence-corrected chi connectivity index (χ0v) is 16.3. The van der Waals surface area contributed by atoms with Gasteiger partial charge < -0.3 is 15.2 Å². The Morgan fingerprint density at radius 3 is 2.55 bits per heavy atom. The molecule has 29 heavy (non-hydrogen) atoms. The summed E-state index contributed by atoms with van der Waals surface area (Å²) >= 11 is 0. The van der Waals surface area contributed by atoms with Gasteiger partial charge in [0.15, 0.2) is 0 Å². The lowest BCUT2D eigenvalue weighted by Gasteiger charge is -2.32. The van der Waals surface area contributed by atoms with E-state index in [1.807, 2.05) is 49.4 Å². The second kappa shape index (κ2) is 7.91. The number of carbonyl (C=O) groups is 3. The molecule has 1 aromatic heterocycles. The van der Waals surface area contributed by atoms with E-state index in [0.29, 0.717) is 17.8 Å². The van der Waals surface area contributed by atoms with Gasteiger partial charge in [-0.15, -0.1) is 0 Å². The Morgan fingerprint density at radius 2 is 1.79 bits per heavy atom. The first kappa shape index (κ1) is 18.9. The number of ketones is 1. The van der Waals surface area contributed by atoms with Crippen molar-refractivity contribution in [2.24, 2.45) is 0 Å². The summed E-state index contributed by atoms with van der Waals surface area (Å²) in [5, 5.41) is 3.70. The van der Waals surface area contributed by atoms with E-state index in [1.165, 1.54) is 0 Å². The lowest BCUT2D eigenvalue weighted by atomic mass is 9.96. The number of carbonyl (C=O) groups excluding carboxylic acids is 3. The van der Waals surface area contributed by atoms with Gasteiger partial charge in [-0.05, 0) is 18.1 Å². The van der Waals surface area contributed by atoms with Crippen LogP contribution in [0, 0.1) is 0 Å². The van der Waals surface area contributed by atoms with Crippen LogP contribution >= 0.6 is 0 Å². The number of fused-ring (bicyclic) bond motifs is 1. The predicted octanol–water partition coefficient (Wildman–Crippen LogP) is 2.68. The number of hydrogen-bond donors (Lipinski definition) is 2. The van der Waals surface area contributed by atoms with Crippen molar-refractivity contribution < 1.29 is 14.4 Å². The number of para-hydroxylation sites is 1. The van der Waals surface area contributed by atoms with Crippen LogP contribution in [-0.2, 0) is 16.0 Å². The predicted molar refractivity (Wildman–Crippen MR) is 111 cm³/mol. The molecule has 1 aliphatic heterocycles. The van der Waals surface area contributed by atoms with Crippen molar-refractivity contribution in [3.63, 3.8) is 0 Å². The number of piperazine rings is 1. The molecule has 1 aliphatic rings. The normalized spacial score (nSPS) is 16.9. The maximum atomic E-state index is 13.2. The number of aromatic nitrogens is 1. The summed E-state index contributed by atoms with van der Waals surface area (Å²) in [6.07, 6.45) is 1.05. The van der Waals surface area contributed by atoms with Crippen LogP contribution in [0.25, 0.3) is 10.9 Å². The third-order valence-electron chi connectivity index (χ3n) is 5.26. The van der Waals surface area contributed by atoms with Gasteiger partial charge in [-0.1, -0.05) is 55.5 Å². The molecule has 0 aliphatic carbocycles. The van der Waals surface area contributed by atoms with Crippen LogP contribution in [0.2, 0.25) is 0 Å². The first-order valence-electron chi connectivity index (χ1n) is 9.86. The van der Waals surface area contributed by atoms with Gasteiger partial charge in [0.1, 0.15) is 6.04 Å². The molecule has 4 rings (SSSR count). The molecule has 6 nitrogen and oxygen atoms in total. The Labute approximate surface area is 168 Å². The quantitative estimate of drug-likeness (QED) is 0.636. The van der Waals surface area contributed by atoms with Gasteiger partial charge in [0.25, 0.3) is 0 Å².